The number of primary amides is 1. The highest BCUT2D eigenvalue weighted by atomic mass is 79.9. The average molecular weight is 1360 g/mol. The highest BCUT2D eigenvalue weighted by Crippen LogP contribution is 2.49. The first-order valence-corrected chi connectivity index (χ1v) is 31.0. The van der Waals surface area contributed by atoms with Gasteiger partial charge >= 0.3 is 24.2 Å². The van der Waals surface area contributed by atoms with E-state index in [1.807, 2.05) is 26.8 Å². The number of epoxide rings is 1. The van der Waals surface area contributed by atoms with Gasteiger partial charge in [-0.1, -0.05) is 88.0 Å². The summed E-state index contributed by atoms with van der Waals surface area (Å²) in [6.07, 6.45) is 0.900. The normalized spacial score (nSPS) is 24.0. The minimum atomic E-state index is -1.91. The lowest BCUT2D eigenvalue weighted by Crippen LogP contribution is -2.63. The lowest BCUT2D eigenvalue weighted by Gasteiger charge is -2.42. The number of benzene rings is 2. The Morgan fingerprint density at radius 3 is 2.31 bits per heavy atom. The Morgan fingerprint density at radius 2 is 1.67 bits per heavy atom. The number of alkyl carbamates (subject to hydrolysis) is 1. The number of nitrogens with zero attached hydrogens (tertiary/aromatic N) is 1. The first-order valence-electron chi connectivity index (χ1n) is 28.3. The lowest BCUT2D eigenvalue weighted by molar-refractivity contribution is -0.160. The number of aliphatic hydroxyl groups is 1. The molecule has 5 rings (SSSR count). The number of hydrogen-bond donors (Lipinski definition) is 8. The van der Waals surface area contributed by atoms with Crippen molar-refractivity contribution in [2.24, 2.45) is 23.5 Å². The van der Waals surface area contributed by atoms with Gasteiger partial charge in [0.2, 0.25) is 23.6 Å². The van der Waals surface area contributed by atoms with Gasteiger partial charge in [0.05, 0.1) is 44.0 Å². The predicted octanol–water partition coefficient (Wildman–Crippen LogP) is 7.68. The van der Waals surface area contributed by atoms with Gasteiger partial charge in [0, 0.05) is 61.9 Å². The molecule has 476 valence electrons. The molecule has 24 nitrogen and oxygen atoms in total. The Labute approximate surface area is 524 Å². The number of carbonyl (C=O) groups excluding carboxylic acids is 8. The van der Waals surface area contributed by atoms with E-state index in [9.17, 15) is 43.5 Å². The van der Waals surface area contributed by atoms with Crippen molar-refractivity contribution in [3.8, 4) is 11.5 Å². The van der Waals surface area contributed by atoms with Crippen LogP contribution in [-0.2, 0) is 54.1 Å². The van der Waals surface area contributed by atoms with Crippen LogP contribution in [0.4, 0.5) is 31.4 Å². The average Bonchev–Trinajstić information content (AvgIpc) is 1.90. The van der Waals surface area contributed by atoms with Crippen molar-refractivity contribution in [2.45, 2.75) is 160 Å². The molecule has 2 fully saturated rings. The predicted molar refractivity (Wildman–Crippen MR) is 330 cm³/mol. The van der Waals surface area contributed by atoms with Crippen molar-refractivity contribution in [3.05, 3.63) is 64.7 Å². The third-order valence-electron chi connectivity index (χ3n) is 15.3. The Kier molecular flexibility index (Phi) is 26.0. The van der Waals surface area contributed by atoms with Crippen LogP contribution in [0.1, 0.15) is 105 Å². The number of unbranched alkanes of at least 4 members (excludes halogenated alkanes) is 1. The van der Waals surface area contributed by atoms with Crippen LogP contribution in [0.15, 0.2) is 54.1 Å². The summed E-state index contributed by atoms with van der Waals surface area (Å²) in [7, 11) is 5.72. The molecule has 27 heteroatoms. The van der Waals surface area contributed by atoms with Gasteiger partial charge in [0.15, 0.2) is 5.72 Å². The first-order chi connectivity index (χ1) is 40.5. The highest BCUT2D eigenvalue weighted by molar-refractivity contribution is 9.09. The second kappa shape index (κ2) is 31.6. The standard InChI is InChI=1S/C59H83Br2ClN8O16/c1-32(2)49(68-46(71)19-12-13-22-57(5,6)86-53(75)36(30-60)31-61)52(74)66-39(17-15-23-64-54(63)76)51(73)65-37-20-21-38(41(27-37)80-9)67-55(77)84-45-28-47(72)70(8)40-25-35(26-42(81-10)48(40)62)24-33(3)16-14-18-44(82-11)59(79)29-43(83-56(78)69-59)34(4)50-58(45,7)85-50/h14,16,18,20-21,25-27,32,34,36,39,43-45,49-50,79H,12-13,15,17,19,22-24,28-31H2,1-11H3,(H,65,73)(H,66,74)(H,67,77)(H,68,71)(H,69,78)(H3,63,64,76)/b18-14+,33-16+/t34-,39+,43+,44-,45+,49+,50+,58+,59+/m1/s1. The molecule has 0 spiro atoms. The zero-order valence-corrected chi connectivity index (χ0v) is 54.5. The number of rotatable bonds is 24. The van der Waals surface area contributed by atoms with Gasteiger partial charge in [-0.2, -0.15) is 0 Å². The van der Waals surface area contributed by atoms with E-state index in [4.69, 9.17) is 50.5 Å². The number of ether oxygens (including phenoxy) is 7. The maximum Gasteiger partial charge on any atom is 0.412 e. The molecule has 0 aromatic heterocycles. The Morgan fingerprint density at radius 1 is 0.977 bits per heavy atom. The summed E-state index contributed by atoms with van der Waals surface area (Å²) in [6.45, 7) is 12.5. The molecule has 4 bridgehead atoms. The van der Waals surface area contributed by atoms with E-state index in [0.29, 0.717) is 47.8 Å². The van der Waals surface area contributed by atoms with E-state index in [0.717, 1.165) is 11.1 Å². The van der Waals surface area contributed by atoms with E-state index in [1.54, 1.807) is 52.0 Å². The fraction of sp³-hybridized carbons (Fsp3) is 0.593. The van der Waals surface area contributed by atoms with Gasteiger partial charge in [0.25, 0.3) is 0 Å². The molecular formula is C59H83Br2ClN8O16. The lowest BCUT2D eigenvalue weighted by atomic mass is 9.83. The molecule has 2 saturated heterocycles. The van der Waals surface area contributed by atoms with Gasteiger partial charge in [0.1, 0.15) is 58.1 Å². The largest absolute Gasteiger partial charge is 0.495 e. The number of esters is 1. The van der Waals surface area contributed by atoms with Crippen LogP contribution in [0.2, 0.25) is 5.02 Å². The van der Waals surface area contributed by atoms with Crippen molar-refractivity contribution in [3.63, 3.8) is 0 Å². The number of amides is 8. The van der Waals surface area contributed by atoms with Crippen molar-refractivity contribution < 1.29 is 76.6 Å². The molecule has 3 aliphatic rings. The summed E-state index contributed by atoms with van der Waals surface area (Å²) in [5, 5.41) is 29.0. The maximum absolute atomic E-state index is 14.5. The van der Waals surface area contributed by atoms with Crippen LogP contribution in [-0.4, -0.2) is 152 Å². The van der Waals surface area contributed by atoms with Crippen molar-refractivity contribution in [2.75, 3.05) is 61.1 Å². The van der Waals surface area contributed by atoms with E-state index < -0.39 is 108 Å². The van der Waals surface area contributed by atoms with Crippen LogP contribution in [0.5, 0.6) is 11.5 Å². The third-order valence-corrected chi connectivity index (χ3v) is 17.2. The summed E-state index contributed by atoms with van der Waals surface area (Å²) in [5.41, 5.74) is 3.46. The Hall–Kier alpha value is -6.19. The van der Waals surface area contributed by atoms with E-state index in [-0.39, 0.29) is 72.2 Å². The zero-order valence-electron chi connectivity index (χ0n) is 50.5. The summed E-state index contributed by atoms with van der Waals surface area (Å²) in [5.74, 6) is -3.53. The minimum absolute atomic E-state index is 0.0371. The molecular weight excluding hydrogens is 1270 g/mol. The van der Waals surface area contributed by atoms with Gasteiger partial charge in [-0.05, 0) is 102 Å². The van der Waals surface area contributed by atoms with Crippen LogP contribution < -0.4 is 52.0 Å². The van der Waals surface area contributed by atoms with Gasteiger partial charge in [-0.3, -0.25) is 34.6 Å². The molecule has 0 saturated carbocycles. The summed E-state index contributed by atoms with van der Waals surface area (Å²) < 4.78 is 40.8. The van der Waals surface area contributed by atoms with Crippen LogP contribution >= 0.6 is 43.5 Å². The molecule has 3 heterocycles. The summed E-state index contributed by atoms with van der Waals surface area (Å²) in [4.78, 5) is 108. The smallest absolute Gasteiger partial charge is 0.412 e. The van der Waals surface area contributed by atoms with Crippen molar-refractivity contribution in [1.29, 1.82) is 0 Å². The second-order valence-electron chi connectivity index (χ2n) is 22.9. The summed E-state index contributed by atoms with van der Waals surface area (Å²) in [6, 6.07) is 4.83. The fourth-order valence-corrected chi connectivity index (χ4v) is 12.1. The number of nitrogens with one attached hydrogen (secondary N) is 6. The van der Waals surface area contributed by atoms with Gasteiger partial charge < -0.3 is 70.2 Å². The monoisotopic (exact) mass is 1350 g/mol. The Bertz CT molecular complexity index is 2840. The molecule has 0 aliphatic carbocycles. The SMILES string of the molecule is COc1cc(NC(=O)[C@H](CCCNC(N)=O)NC(=O)[C@@H](NC(=O)CCCCC(C)(C)OC(=O)C(CBr)CBr)C(C)C)ccc1NC(=O)O[C@H]1CC(=O)N(C)c2cc(cc(OC)c2Cl)C/C(C)=C/C=C/[C@@H](OC)[C@@]2(O)C[C@H](OC(=O)N2)[C@@H](C)[C@@H]2O[C@@]12C. The Balaban J connectivity index is 1.34. The molecule has 8 amide bonds. The van der Waals surface area contributed by atoms with Crippen molar-refractivity contribution >= 4 is 108 Å². The number of hydrogen-bond acceptors (Lipinski definition) is 16. The van der Waals surface area contributed by atoms with Crippen LogP contribution in [0.25, 0.3) is 0 Å². The fourth-order valence-electron chi connectivity index (χ4n) is 10.2. The zero-order chi connectivity index (χ0) is 63.8. The number of nitrogens with two attached hydrogens (primary N) is 1. The molecule has 2 aromatic carbocycles. The number of halogens is 3. The highest BCUT2D eigenvalue weighted by Gasteiger charge is 2.64. The molecule has 2 aromatic rings. The maximum atomic E-state index is 14.5. The number of alkyl halides is 2. The number of allylic oxidation sites excluding steroid dienone is 3. The molecule has 0 unspecified atom stereocenters. The first kappa shape index (κ1) is 70.6. The number of urea groups is 1. The molecule has 86 heavy (non-hydrogen) atoms. The van der Waals surface area contributed by atoms with E-state index in [2.05, 4.69) is 63.8 Å². The molecule has 9 N–H and O–H groups in total. The van der Waals surface area contributed by atoms with Gasteiger partial charge in [-0.15, -0.1) is 0 Å². The summed E-state index contributed by atoms with van der Waals surface area (Å²) >= 11 is 13.5. The minimum Gasteiger partial charge on any atom is -0.495 e. The third kappa shape index (κ3) is 19.4. The second-order valence-corrected chi connectivity index (χ2v) is 24.6. The van der Waals surface area contributed by atoms with E-state index in [1.165, 1.54) is 51.5 Å². The van der Waals surface area contributed by atoms with Gasteiger partial charge in [-0.25, -0.2) is 14.4 Å². The number of anilines is 3. The van der Waals surface area contributed by atoms with Crippen molar-refractivity contribution in [1.82, 2.24) is 21.3 Å². The van der Waals surface area contributed by atoms with E-state index >= 15 is 0 Å². The quantitative estimate of drug-likeness (QED) is 0.0164. The topological polar surface area (TPSA) is 326 Å². The number of carbonyl (C=O) groups is 8. The van der Waals surface area contributed by atoms with Crippen LogP contribution in [0.3, 0.4) is 0 Å². The molecule has 0 radical (unpaired) electrons. The molecule has 9 atom stereocenters. The van der Waals surface area contributed by atoms with Crippen LogP contribution in [0, 0.1) is 17.8 Å². The number of fused-ring (bicyclic) bond motifs is 5. The number of methoxy groups -OCH3 is 3. The molecule has 3 aliphatic heterocycles.